The lowest BCUT2D eigenvalue weighted by atomic mass is 10.2. The average molecular weight is 459 g/mol. The Kier molecular flexibility index (Phi) is 6.93. The molecule has 0 aliphatic carbocycles. The molecule has 0 radical (unpaired) electrons. The van der Waals surface area contributed by atoms with Crippen LogP contribution in [0.25, 0.3) is 22.8 Å². The van der Waals surface area contributed by atoms with Crippen LogP contribution in [0, 0.1) is 0 Å². The lowest BCUT2D eigenvalue weighted by Gasteiger charge is -2.24. The van der Waals surface area contributed by atoms with Crippen LogP contribution in [0.2, 0.25) is 0 Å². The molecule has 0 spiro atoms. The third kappa shape index (κ3) is 5.26. The highest BCUT2D eigenvalue weighted by Gasteiger charge is 2.14. The third-order valence-electron chi connectivity index (χ3n) is 5.45. The number of aromatic nitrogens is 4. The molecule has 0 unspecified atom stereocenters. The molecular weight excluding hydrogens is 428 g/mol. The quantitative estimate of drug-likeness (QED) is 0.325. The average Bonchev–Trinajstić information content (AvgIpc) is 3.34. The minimum atomic E-state index is 0.418. The lowest BCUT2D eigenvalue weighted by Crippen LogP contribution is -2.29. The maximum Gasteiger partial charge on any atom is 0.227 e. The van der Waals surface area contributed by atoms with Crippen LogP contribution in [0.4, 0.5) is 23.0 Å². The summed E-state index contributed by atoms with van der Waals surface area (Å²) in [5, 5.41) is 3.23. The molecule has 2 heterocycles. The molecule has 0 bridgehead atoms. The fourth-order valence-electron chi connectivity index (χ4n) is 3.54. The van der Waals surface area contributed by atoms with Crippen molar-refractivity contribution >= 4 is 23.0 Å². The minimum Gasteiger partial charge on any atom is -0.494 e. The molecule has 176 valence electrons. The maximum absolute atomic E-state index is 6.38. The number of nitrogens with two attached hydrogens (primary N) is 1. The van der Waals surface area contributed by atoms with E-state index in [-0.39, 0.29) is 0 Å². The minimum absolute atomic E-state index is 0.418. The highest BCUT2D eigenvalue weighted by Crippen LogP contribution is 2.36. The van der Waals surface area contributed by atoms with Gasteiger partial charge in [0.05, 0.1) is 36.1 Å². The second kappa shape index (κ2) is 10.2. The van der Waals surface area contributed by atoms with E-state index in [9.17, 15) is 0 Å². The van der Waals surface area contributed by atoms with Gasteiger partial charge in [-0.3, -0.25) is 0 Å². The first-order valence-corrected chi connectivity index (χ1v) is 11.0. The molecule has 0 aliphatic heterocycles. The smallest absolute Gasteiger partial charge is 0.227 e. The van der Waals surface area contributed by atoms with Gasteiger partial charge in [0.1, 0.15) is 11.4 Å². The van der Waals surface area contributed by atoms with Crippen LogP contribution in [0.5, 0.6) is 5.75 Å². The zero-order valence-corrected chi connectivity index (χ0v) is 19.9. The molecular formula is C25H30N8O. The summed E-state index contributed by atoms with van der Waals surface area (Å²) < 4.78 is 5.63. The van der Waals surface area contributed by atoms with Gasteiger partial charge in [-0.05, 0) is 31.8 Å². The van der Waals surface area contributed by atoms with E-state index in [1.165, 1.54) is 0 Å². The molecule has 9 heteroatoms. The molecule has 0 amide bonds. The van der Waals surface area contributed by atoms with Gasteiger partial charge in [0, 0.05) is 32.4 Å². The van der Waals surface area contributed by atoms with Crippen molar-refractivity contribution in [2.24, 2.45) is 0 Å². The van der Waals surface area contributed by atoms with Gasteiger partial charge in [0.25, 0.3) is 0 Å². The van der Waals surface area contributed by atoms with Gasteiger partial charge < -0.3 is 30.6 Å². The zero-order chi connectivity index (χ0) is 24.1. The van der Waals surface area contributed by atoms with Crippen molar-refractivity contribution in [2.45, 2.75) is 0 Å². The van der Waals surface area contributed by atoms with Crippen LogP contribution < -0.4 is 20.7 Å². The fourth-order valence-corrected chi connectivity index (χ4v) is 3.54. The van der Waals surface area contributed by atoms with E-state index in [4.69, 9.17) is 10.5 Å². The van der Waals surface area contributed by atoms with Crippen LogP contribution >= 0.6 is 0 Å². The van der Waals surface area contributed by atoms with Crippen molar-refractivity contribution in [3.8, 4) is 28.5 Å². The second-order valence-corrected chi connectivity index (χ2v) is 8.24. The topological polar surface area (TPSA) is 108 Å². The molecule has 0 aliphatic rings. The number of nitrogens with zero attached hydrogens (tertiary/aromatic N) is 5. The van der Waals surface area contributed by atoms with Gasteiger partial charge in [0.15, 0.2) is 5.82 Å². The Hall–Kier alpha value is -4.11. The number of nitrogens with one attached hydrogen (secondary N) is 2. The molecule has 4 rings (SSSR count). The second-order valence-electron chi connectivity index (χ2n) is 8.24. The number of hydrogen-bond acceptors (Lipinski definition) is 8. The third-order valence-corrected chi connectivity index (χ3v) is 5.45. The number of nitrogen functional groups attached to an aromatic ring is 1. The van der Waals surface area contributed by atoms with Crippen LogP contribution in [-0.2, 0) is 0 Å². The zero-order valence-electron chi connectivity index (χ0n) is 19.9. The Morgan fingerprint density at radius 2 is 1.82 bits per heavy atom. The highest BCUT2D eigenvalue weighted by molar-refractivity contribution is 5.79. The Morgan fingerprint density at radius 3 is 2.56 bits per heavy atom. The summed E-state index contributed by atoms with van der Waals surface area (Å²) in [5.74, 6) is 1.73. The molecule has 2 aromatic heterocycles. The van der Waals surface area contributed by atoms with E-state index in [0.717, 1.165) is 30.0 Å². The maximum atomic E-state index is 6.38. The molecule has 9 nitrogen and oxygen atoms in total. The monoisotopic (exact) mass is 458 g/mol. The van der Waals surface area contributed by atoms with E-state index in [2.05, 4.69) is 35.1 Å². The van der Waals surface area contributed by atoms with Crippen LogP contribution in [0.15, 0.2) is 60.9 Å². The van der Waals surface area contributed by atoms with Crippen molar-refractivity contribution in [3.63, 3.8) is 0 Å². The Bertz CT molecular complexity index is 1240. The summed E-state index contributed by atoms with van der Waals surface area (Å²) in [4.78, 5) is 21.0. The van der Waals surface area contributed by atoms with E-state index in [1.54, 1.807) is 19.5 Å². The van der Waals surface area contributed by atoms with Crippen LogP contribution in [0.3, 0.4) is 0 Å². The molecule has 2 aromatic carbocycles. The summed E-state index contributed by atoms with van der Waals surface area (Å²) >= 11 is 0. The summed E-state index contributed by atoms with van der Waals surface area (Å²) in [6.07, 6.45) is 3.49. The fraction of sp³-hybridized carbons (Fsp3) is 0.240. The number of benzene rings is 2. The number of imidazole rings is 1. The number of anilines is 4. The van der Waals surface area contributed by atoms with Crippen molar-refractivity contribution in [3.05, 3.63) is 60.9 Å². The van der Waals surface area contributed by atoms with Crippen molar-refractivity contribution in [2.75, 3.05) is 57.3 Å². The van der Waals surface area contributed by atoms with Crippen molar-refractivity contribution in [1.82, 2.24) is 24.8 Å². The van der Waals surface area contributed by atoms with Crippen LogP contribution in [0.1, 0.15) is 0 Å². The van der Waals surface area contributed by atoms with Gasteiger partial charge in [-0.15, -0.1) is 0 Å². The molecule has 0 fully saturated rings. The van der Waals surface area contributed by atoms with E-state index in [1.807, 2.05) is 69.7 Å². The van der Waals surface area contributed by atoms with Crippen molar-refractivity contribution in [1.29, 1.82) is 0 Å². The lowest BCUT2D eigenvalue weighted by molar-refractivity contribution is 0.413. The molecule has 0 saturated carbocycles. The number of methoxy groups -OCH3 is 1. The van der Waals surface area contributed by atoms with Gasteiger partial charge in [0.2, 0.25) is 5.95 Å². The van der Waals surface area contributed by atoms with E-state index >= 15 is 0 Å². The summed E-state index contributed by atoms with van der Waals surface area (Å²) in [6, 6.07) is 15.6. The molecule has 4 aromatic rings. The molecule has 4 N–H and O–H groups in total. The van der Waals surface area contributed by atoms with Crippen LogP contribution in [-0.4, -0.2) is 66.2 Å². The molecule has 0 saturated heterocycles. The molecule has 0 atom stereocenters. The largest absolute Gasteiger partial charge is 0.494 e. The van der Waals surface area contributed by atoms with E-state index < -0.39 is 0 Å². The van der Waals surface area contributed by atoms with Gasteiger partial charge in [-0.1, -0.05) is 30.3 Å². The number of likely N-dealkylation sites (N-methyl/N-ethyl adjacent to an activating group) is 2. The van der Waals surface area contributed by atoms with Gasteiger partial charge in [-0.25, -0.2) is 15.0 Å². The Labute approximate surface area is 199 Å². The SMILES string of the molecule is COc1cc(N(C)CCN(C)C)c(N)cc1Nc1nccc(-c2ncc(-c3ccccc3)[nH]2)n1. The highest BCUT2D eigenvalue weighted by atomic mass is 16.5. The predicted octanol–water partition coefficient (Wildman–Crippen LogP) is 3.87. The normalized spacial score (nSPS) is 11.0. The van der Waals surface area contributed by atoms with E-state index in [0.29, 0.717) is 34.6 Å². The number of rotatable bonds is 9. The first-order valence-electron chi connectivity index (χ1n) is 11.0. The first-order chi connectivity index (χ1) is 16.4. The standard InChI is InChI=1S/C25H30N8O/c1-32(2)12-13-33(3)22-15-23(34-4)20(14-18(22)26)31-25-27-11-10-19(30-25)24-28-16-21(29-24)17-8-6-5-7-9-17/h5-11,14-16H,12-13,26H2,1-4H3,(H,28,29)(H,27,30,31). The molecule has 34 heavy (non-hydrogen) atoms. The van der Waals surface area contributed by atoms with Crippen molar-refractivity contribution < 1.29 is 4.74 Å². The summed E-state index contributed by atoms with van der Waals surface area (Å²) in [5.41, 5.74) is 11.3. The first kappa shape index (κ1) is 23.1. The predicted molar refractivity (Wildman–Crippen MR) is 138 cm³/mol. The summed E-state index contributed by atoms with van der Waals surface area (Å²) in [7, 11) is 7.74. The van der Waals surface area contributed by atoms with Gasteiger partial charge >= 0.3 is 0 Å². The number of hydrogen-bond donors (Lipinski definition) is 3. The number of aromatic amines is 1. The van der Waals surface area contributed by atoms with Gasteiger partial charge in [-0.2, -0.15) is 0 Å². The Balaban J connectivity index is 1.56. The Morgan fingerprint density at radius 1 is 1.03 bits per heavy atom. The number of ether oxygens (including phenoxy) is 1. The number of H-pyrrole nitrogens is 1. The summed E-state index contributed by atoms with van der Waals surface area (Å²) in [6.45, 7) is 1.75.